The molecule has 0 aromatic heterocycles. The van der Waals surface area contributed by atoms with Gasteiger partial charge in [0.25, 0.3) is 0 Å². The number of ether oxygens (including phenoxy) is 1. The van der Waals surface area contributed by atoms with Crippen molar-refractivity contribution in [3.8, 4) is 0 Å². The van der Waals surface area contributed by atoms with Gasteiger partial charge in [0.15, 0.2) is 6.61 Å². The van der Waals surface area contributed by atoms with Crippen molar-refractivity contribution in [2.45, 2.75) is 44.3 Å². The van der Waals surface area contributed by atoms with Crippen LogP contribution in [0.3, 0.4) is 0 Å². The van der Waals surface area contributed by atoms with E-state index in [1.807, 2.05) is 0 Å². The number of halogens is 2. The number of hydrogen-bond acceptors (Lipinski definition) is 4. The largest absolute Gasteiger partial charge is 0.457 e. The van der Waals surface area contributed by atoms with Gasteiger partial charge in [0, 0.05) is 0 Å². The van der Waals surface area contributed by atoms with E-state index in [9.17, 15) is 22.0 Å². The van der Waals surface area contributed by atoms with E-state index in [1.54, 1.807) is 0 Å². The van der Waals surface area contributed by atoms with Crippen molar-refractivity contribution in [2.24, 2.45) is 35.0 Å². The number of carbonyl (C=O) groups is 1. The monoisotopic (exact) mass is 376 g/mol. The predicted molar refractivity (Wildman–Crippen MR) is 84.2 cm³/mol. The van der Waals surface area contributed by atoms with Crippen molar-refractivity contribution in [1.29, 1.82) is 0 Å². The molecule has 6 atom stereocenters. The maximum absolute atomic E-state index is 13.4. The second-order valence-corrected chi connectivity index (χ2v) is 9.93. The van der Waals surface area contributed by atoms with Crippen molar-refractivity contribution in [2.75, 3.05) is 6.61 Å². The van der Waals surface area contributed by atoms with Crippen LogP contribution in [0.4, 0.5) is 8.78 Å². The maximum Gasteiger partial charge on any atom is 0.402 e. The Labute approximate surface area is 145 Å². The number of rotatable bonds is 4. The standard InChI is InChI=1S/C17H22F2O5S/c1-9-2-12-11-4-10-5-13(12)14(3-9)16(6-10,7-11)15(20)24-8-17(18,19)25(21,22)23/h3,9-13H,2,4-8H2,1H3,(H,21,22,23). The fourth-order valence-electron chi connectivity index (χ4n) is 6.03. The smallest absolute Gasteiger partial charge is 0.402 e. The van der Waals surface area contributed by atoms with E-state index >= 15 is 0 Å². The Kier molecular flexibility index (Phi) is 3.65. The van der Waals surface area contributed by atoms with Crippen LogP contribution in [-0.4, -0.2) is 30.8 Å². The molecule has 0 spiro atoms. The fraction of sp³-hybridized carbons (Fsp3) is 0.824. The van der Waals surface area contributed by atoms with E-state index < -0.39 is 33.4 Å². The number of alkyl halides is 2. The summed E-state index contributed by atoms with van der Waals surface area (Å²) < 4.78 is 61.7. The zero-order valence-corrected chi connectivity index (χ0v) is 14.8. The zero-order valence-electron chi connectivity index (χ0n) is 14.0. The summed E-state index contributed by atoms with van der Waals surface area (Å²) in [5.74, 6) is 1.30. The highest BCUT2D eigenvalue weighted by Crippen LogP contribution is 2.67. The first-order valence-electron chi connectivity index (χ1n) is 8.78. The zero-order chi connectivity index (χ0) is 18.2. The van der Waals surface area contributed by atoms with Gasteiger partial charge in [0.05, 0.1) is 5.41 Å². The van der Waals surface area contributed by atoms with Crippen LogP contribution in [0.15, 0.2) is 11.6 Å². The average Bonchev–Trinajstić information content (AvgIpc) is 2.50. The maximum atomic E-state index is 13.4. The molecule has 8 heteroatoms. The molecule has 0 amide bonds. The van der Waals surface area contributed by atoms with Gasteiger partial charge in [0.1, 0.15) is 0 Å². The first kappa shape index (κ1) is 17.4. The van der Waals surface area contributed by atoms with Gasteiger partial charge in [-0.15, -0.1) is 0 Å². The molecule has 0 aromatic rings. The lowest BCUT2D eigenvalue weighted by Gasteiger charge is -2.62. The SMILES string of the molecule is CC1C=C2C3CC4CC(CC2(C(=O)OCC(F)(F)S(=O)(=O)O)C4)C3C1. The number of hydrogen-bond donors (Lipinski definition) is 1. The summed E-state index contributed by atoms with van der Waals surface area (Å²) in [5.41, 5.74) is 0.153. The fourth-order valence-corrected chi connectivity index (χ4v) is 6.23. The molecule has 0 saturated heterocycles. The molecule has 4 saturated carbocycles. The third kappa shape index (κ3) is 2.47. The highest BCUT2D eigenvalue weighted by Gasteiger charge is 2.63. The Morgan fingerprint density at radius 2 is 2.08 bits per heavy atom. The number of carbonyl (C=O) groups excluding carboxylic acids is 1. The molecule has 0 aromatic carbocycles. The minimum atomic E-state index is -5.60. The molecule has 25 heavy (non-hydrogen) atoms. The van der Waals surface area contributed by atoms with Crippen LogP contribution >= 0.6 is 0 Å². The van der Waals surface area contributed by atoms with Gasteiger partial charge in [0.2, 0.25) is 0 Å². The Morgan fingerprint density at radius 1 is 1.36 bits per heavy atom. The van der Waals surface area contributed by atoms with E-state index in [0.29, 0.717) is 42.4 Å². The lowest BCUT2D eigenvalue weighted by molar-refractivity contribution is -0.173. The summed E-state index contributed by atoms with van der Waals surface area (Å²) in [6, 6.07) is 0. The van der Waals surface area contributed by atoms with Crippen molar-refractivity contribution in [3.63, 3.8) is 0 Å². The van der Waals surface area contributed by atoms with Gasteiger partial charge in [-0.1, -0.05) is 18.6 Å². The summed E-state index contributed by atoms with van der Waals surface area (Å²) in [7, 11) is -5.60. The van der Waals surface area contributed by atoms with Crippen LogP contribution in [0.5, 0.6) is 0 Å². The molecule has 0 heterocycles. The van der Waals surface area contributed by atoms with Crippen molar-refractivity contribution in [3.05, 3.63) is 11.6 Å². The molecular formula is C17H22F2O5S. The quantitative estimate of drug-likeness (QED) is 0.463. The van der Waals surface area contributed by atoms with Crippen LogP contribution in [0.25, 0.3) is 0 Å². The summed E-state index contributed by atoms with van der Waals surface area (Å²) in [5, 5.41) is -4.48. The Hall–Kier alpha value is -1.02. The molecule has 0 radical (unpaired) electrons. The predicted octanol–water partition coefficient (Wildman–Crippen LogP) is 3.03. The highest BCUT2D eigenvalue weighted by atomic mass is 32.2. The van der Waals surface area contributed by atoms with Crippen LogP contribution in [0.2, 0.25) is 0 Å². The normalized spacial score (nSPS) is 42.2. The molecule has 1 N–H and O–H groups in total. The van der Waals surface area contributed by atoms with Crippen molar-refractivity contribution >= 4 is 16.1 Å². The van der Waals surface area contributed by atoms with Crippen molar-refractivity contribution < 1.29 is 31.3 Å². The molecular weight excluding hydrogens is 354 g/mol. The molecule has 5 aliphatic rings. The van der Waals surface area contributed by atoms with Crippen LogP contribution in [0, 0.1) is 35.0 Å². The lowest BCUT2D eigenvalue weighted by atomic mass is 9.41. The number of esters is 1. The second-order valence-electron chi connectivity index (χ2n) is 8.38. The van der Waals surface area contributed by atoms with Gasteiger partial charge >= 0.3 is 21.3 Å². The molecule has 4 fully saturated rings. The van der Waals surface area contributed by atoms with Gasteiger partial charge in [-0.25, -0.2) is 0 Å². The van der Waals surface area contributed by atoms with E-state index in [2.05, 4.69) is 13.0 Å². The molecule has 0 aliphatic heterocycles. The van der Waals surface area contributed by atoms with Gasteiger partial charge in [-0.3, -0.25) is 9.35 Å². The van der Waals surface area contributed by atoms with Gasteiger partial charge < -0.3 is 4.74 Å². The summed E-state index contributed by atoms with van der Waals surface area (Å²) in [4.78, 5) is 12.8. The Morgan fingerprint density at radius 3 is 2.76 bits per heavy atom. The third-order valence-corrected chi connectivity index (χ3v) is 7.67. The Bertz CT molecular complexity index is 746. The van der Waals surface area contributed by atoms with E-state index in [-0.39, 0.29) is 0 Å². The molecule has 5 nitrogen and oxygen atoms in total. The van der Waals surface area contributed by atoms with E-state index in [4.69, 9.17) is 9.29 Å². The first-order valence-corrected chi connectivity index (χ1v) is 10.2. The second kappa shape index (κ2) is 5.25. The summed E-state index contributed by atoms with van der Waals surface area (Å²) in [6.45, 7) is 0.466. The topological polar surface area (TPSA) is 80.7 Å². The summed E-state index contributed by atoms with van der Waals surface area (Å²) in [6.07, 6.45) is 6.56. The molecule has 5 rings (SSSR count). The first-order chi connectivity index (χ1) is 11.5. The van der Waals surface area contributed by atoms with Gasteiger partial charge in [-0.2, -0.15) is 17.2 Å². The molecule has 6 bridgehead atoms. The lowest BCUT2D eigenvalue weighted by Crippen LogP contribution is -2.58. The van der Waals surface area contributed by atoms with Crippen LogP contribution in [-0.2, 0) is 19.6 Å². The summed E-state index contributed by atoms with van der Waals surface area (Å²) >= 11 is 0. The van der Waals surface area contributed by atoms with Crippen molar-refractivity contribution in [1.82, 2.24) is 0 Å². The van der Waals surface area contributed by atoms with Crippen LogP contribution in [0.1, 0.15) is 39.0 Å². The van der Waals surface area contributed by atoms with Crippen LogP contribution < -0.4 is 0 Å². The molecule has 5 aliphatic carbocycles. The third-order valence-electron chi connectivity index (χ3n) is 6.79. The van der Waals surface area contributed by atoms with E-state index in [0.717, 1.165) is 24.8 Å². The molecule has 6 unspecified atom stereocenters. The van der Waals surface area contributed by atoms with E-state index in [1.165, 1.54) is 0 Å². The minimum Gasteiger partial charge on any atom is -0.457 e. The Balaban J connectivity index is 1.62. The number of allylic oxidation sites excluding steroid dienone is 1. The van der Waals surface area contributed by atoms with Gasteiger partial charge in [-0.05, 0) is 61.7 Å². The molecule has 140 valence electrons. The highest BCUT2D eigenvalue weighted by molar-refractivity contribution is 7.86. The minimum absolute atomic E-state index is 0.331. The average molecular weight is 376 g/mol.